The van der Waals surface area contributed by atoms with E-state index in [9.17, 15) is 0 Å². The molecule has 0 unspecified atom stereocenters. The minimum atomic E-state index is 0.474. The van der Waals surface area contributed by atoms with Gasteiger partial charge in [-0.3, -0.25) is 4.98 Å². The van der Waals surface area contributed by atoms with E-state index in [1.54, 1.807) is 10.9 Å². The predicted molar refractivity (Wildman–Crippen MR) is 55.4 cm³/mol. The van der Waals surface area contributed by atoms with Crippen LogP contribution in [0.5, 0.6) is 0 Å². The number of pyridine rings is 1. The zero-order valence-electron chi connectivity index (χ0n) is 8.38. The molecule has 0 atom stereocenters. The average Bonchev–Trinajstić information content (AvgIpc) is 2.71. The smallest absolute Gasteiger partial charge is 0.0828 e. The van der Waals surface area contributed by atoms with Crippen molar-refractivity contribution in [2.24, 2.45) is 0 Å². The number of nitrogens with zero attached hydrogens (tertiary/aromatic N) is 3. The molecule has 3 heteroatoms. The van der Waals surface area contributed by atoms with Crippen molar-refractivity contribution in [3.8, 4) is 5.69 Å². The van der Waals surface area contributed by atoms with Crippen molar-refractivity contribution in [3.05, 3.63) is 42.5 Å². The first-order valence-corrected chi connectivity index (χ1v) is 4.73. The fourth-order valence-corrected chi connectivity index (χ4v) is 1.30. The summed E-state index contributed by atoms with van der Waals surface area (Å²) < 4.78 is 1.80. The highest BCUT2D eigenvalue weighted by molar-refractivity contribution is 5.28. The lowest BCUT2D eigenvalue weighted by atomic mass is 10.1. The van der Waals surface area contributed by atoms with E-state index >= 15 is 0 Å². The van der Waals surface area contributed by atoms with Crippen molar-refractivity contribution >= 4 is 0 Å². The highest BCUT2D eigenvalue weighted by atomic mass is 15.3. The SMILES string of the molecule is CC(C)c1ccc(-n2cccn2)cn1. The molecular formula is C11H13N3. The summed E-state index contributed by atoms with van der Waals surface area (Å²) in [4.78, 5) is 4.37. The Kier molecular flexibility index (Phi) is 2.31. The molecule has 0 saturated heterocycles. The lowest BCUT2D eigenvalue weighted by Crippen LogP contribution is -1.97. The summed E-state index contributed by atoms with van der Waals surface area (Å²) in [7, 11) is 0. The van der Waals surface area contributed by atoms with Crippen molar-refractivity contribution in [1.29, 1.82) is 0 Å². The first kappa shape index (κ1) is 8.94. The van der Waals surface area contributed by atoms with Gasteiger partial charge in [0.25, 0.3) is 0 Å². The lowest BCUT2D eigenvalue weighted by molar-refractivity contribution is 0.810. The van der Waals surface area contributed by atoms with Crippen LogP contribution in [0.3, 0.4) is 0 Å². The first-order chi connectivity index (χ1) is 6.77. The van der Waals surface area contributed by atoms with Gasteiger partial charge in [-0.1, -0.05) is 13.8 Å². The van der Waals surface area contributed by atoms with Crippen LogP contribution in [0.25, 0.3) is 5.69 Å². The Balaban J connectivity index is 2.31. The third-order valence-electron chi connectivity index (χ3n) is 2.13. The number of aromatic nitrogens is 3. The number of hydrogen-bond acceptors (Lipinski definition) is 2. The first-order valence-electron chi connectivity index (χ1n) is 4.73. The molecule has 0 N–H and O–H groups in total. The zero-order chi connectivity index (χ0) is 9.97. The maximum absolute atomic E-state index is 4.37. The normalized spacial score (nSPS) is 10.8. The molecule has 0 amide bonds. The van der Waals surface area contributed by atoms with E-state index < -0.39 is 0 Å². The van der Waals surface area contributed by atoms with E-state index in [0.29, 0.717) is 5.92 Å². The van der Waals surface area contributed by atoms with Gasteiger partial charge in [0.1, 0.15) is 0 Å². The minimum Gasteiger partial charge on any atom is -0.259 e. The Hall–Kier alpha value is -1.64. The molecule has 2 rings (SSSR count). The van der Waals surface area contributed by atoms with Crippen LogP contribution in [0.1, 0.15) is 25.5 Å². The van der Waals surface area contributed by atoms with E-state index in [2.05, 4.69) is 23.9 Å². The second kappa shape index (κ2) is 3.62. The average molecular weight is 187 g/mol. The highest BCUT2D eigenvalue weighted by Gasteiger charge is 2.01. The van der Waals surface area contributed by atoms with Crippen LogP contribution >= 0.6 is 0 Å². The molecular weight excluding hydrogens is 174 g/mol. The molecule has 0 bridgehead atoms. The molecule has 2 aromatic heterocycles. The summed E-state index contributed by atoms with van der Waals surface area (Å²) in [5.41, 5.74) is 2.11. The van der Waals surface area contributed by atoms with Gasteiger partial charge in [0.15, 0.2) is 0 Å². The lowest BCUT2D eigenvalue weighted by Gasteiger charge is -2.05. The third-order valence-corrected chi connectivity index (χ3v) is 2.13. The molecule has 72 valence electrons. The van der Waals surface area contributed by atoms with Crippen LogP contribution in [0.15, 0.2) is 36.8 Å². The summed E-state index contributed by atoms with van der Waals surface area (Å²) >= 11 is 0. The third kappa shape index (κ3) is 1.66. The van der Waals surface area contributed by atoms with Gasteiger partial charge in [-0.2, -0.15) is 5.10 Å². The van der Waals surface area contributed by atoms with Crippen molar-refractivity contribution in [1.82, 2.24) is 14.8 Å². The van der Waals surface area contributed by atoms with Crippen molar-refractivity contribution < 1.29 is 0 Å². The van der Waals surface area contributed by atoms with Crippen LogP contribution in [-0.2, 0) is 0 Å². The quantitative estimate of drug-likeness (QED) is 0.722. The van der Waals surface area contributed by atoms with E-state index in [0.717, 1.165) is 11.4 Å². The fourth-order valence-electron chi connectivity index (χ4n) is 1.30. The highest BCUT2D eigenvalue weighted by Crippen LogP contribution is 2.12. The number of hydrogen-bond donors (Lipinski definition) is 0. The van der Waals surface area contributed by atoms with Crippen LogP contribution in [-0.4, -0.2) is 14.8 Å². The van der Waals surface area contributed by atoms with E-state index in [4.69, 9.17) is 0 Å². The molecule has 0 radical (unpaired) electrons. The van der Waals surface area contributed by atoms with Crippen LogP contribution in [0, 0.1) is 0 Å². The largest absolute Gasteiger partial charge is 0.259 e. The summed E-state index contributed by atoms with van der Waals surface area (Å²) in [6.45, 7) is 4.27. The molecule has 0 aliphatic rings. The zero-order valence-corrected chi connectivity index (χ0v) is 8.38. The summed E-state index contributed by atoms with van der Waals surface area (Å²) in [6.07, 6.45) is 5.52. The van der Waals surface area contributed by atoms with Gasteiger partial charge < -0.3 is 0 Å². The van der Waals surface area contributed by atoms with Gasteiger partial charge >= 0.3 is 0 Å². The van der Waals surface area contributed by atoms with E-state index in [1.165, 1.54) is 0 Å². The van der Waals surface area contributed by atoms with Crippen LogP contribution in [0.4, 0.5) is 0 Å². The Labute approximate surface area is 83.4 Å². The Morgan fingerprint density at radius 2 is 2.14 bits per heavy atom. The Morgan fingerprint density at radius 3 is 2.64 bits per heavy atom. The predicted octanol–water partition coefficient (Wildman–Crippen LogP) is 2.39. The van der Waals surface area contributed by atoms with Gasteiger partial charge in [-0.25, -0.2) is 4.68 Å². The topological polar surface area (TPSA) is 30.7 Å². The summed E-state index contributed by atoms with van der Waals surface area (Å²) in [6, 6.07) is 5.98. The van der Waals surface area contributed by atoms with Crippen molar-refractivity contribution in [3.63, 3.8) is 0 Å². The van der Waals surface area contributed by atoms with Gasteiger partial charge in [-0.05, 0) is 24.1 Å². The molecule has 2 heterocycles. The molecule has 0 spiro atoms. The van der Waals surface area contributed by atoms with E-state index in [-0.39, 0.29) is 0 Å². The number of rotatable bonds is 2. The Morgan fingerprint density at radius 1 is 1.29 bits per heavy atom. The van der Waals surface area contributed by atoms with Crippen molar-refractivity contribution in [2.75, 3.05) is 0 Å². The summed E-state index contributed by atoms with van der Waals surface area (Å²) in [5.74, 6) is 0.474. The Bertz CT molecular complexity index is 387. The molecule has 0 saturated carbocycles. The second-order valence-corrected chi connectivity index (χ2v) is 3.55. The molecule has 14 heavy (non-hydrogen) atoms. The van der Waals surface area contributed by atoms with Crippen LogP contribution in [0.2, 0.25) is 0 Å². The fraction of sp³-hybridized carbons (Fsp3) is 0.273. The monoisotopic (exact) mass is 187 g/mol. The van der Waals surface area contributed by atoms with Crippen LogP contribution < -0.4 is 0 Å². The summed E-state index contributed by atoms with van der Waals surface area (Å²) in [5, 5.41) is 4.14. The second-order valence-electron chi connectivity index (χ2n) is 3.55. The molecule has 0 aliphatic carbocycles. The molecule has 0 fully saturated rings. The minimum absolute atomic E-state index is 0.474. The molecule has 2 aromatic rings. The van der Waals surface area contributed by atoms with Gasteiger partial charge in [0.05, 0.1) is 11.9 Å². The van der Waals surface area contributed by atoms with Gasteiger partial charge in [0.2, 0.25) is 0 Å². The molecule has 3 nitrogen and oxygen atoms in total. The molecule has 0 aliphatic heterocycles. The van der Waals surface area contributed by atoms with E-state index in [1.807, 2.05) is 30.6 Å². The molecule has 0 aromatic carbocycles. The maximum Gasteiger partial charge on any atom is 0.0828 e. The standard InChI is InChI=1S/C11H13N3/c1-9(2)11-5-4-10(8-12-11)14-7-3-6-13-14/h3-9H,1-2H3. The van der Waals surface area contributed by atoms with Crippen molar-refractivity contribution in [2.45, 2.75) is 19.8 Å². The van der Waals surface area contributed by atoms with Gasteiger partial charge in [-0.15, -0.1) is 0 Å². The van der Waals surface area contributed by atoms with Gasteiger partial charge in [0, 0.05) is 18.1 Å². The maximum atomic E-state index is 4.37.